The number of nitrogens with one attached hydrogen (secondary N) is 1. The topological polar surface area (TPSA) is 49.3 Å². The van der Waals surface area contributed by atoms with Gasteiger partial charge in [-0.2, -0.15) is 0 Å². The van der Waals surface area contributed by atoms with Gasteiger partial charge in [0, 0.05) is 11.7 Å². The van der Waals surface area contributed by atoms with Crippen molar-refractivity contribution in [3.63, 3.8) is 0 Å². The molecule has 0 atom stereocenters. The highest BCUT2D eigenvalue weighted by atomic mass is 16.4. The third-order valence-electron chi connectivity index (χ3n) is 3.84. The van der Waals surface area contributed by atoms with E-state index in [-0.39, 0.29) is 0 Å². The fourth-order valence-corrected chi connectivity index (χ4v) is 2.49. The molecule has 1 fully saturated rings. The first-order valence-corrected chi connectivity index (χ1v) is 6.56. The molecular formula is C15H21NO2. The van der Waals surface area contributed by atoms with Crippen molar-refractivity contribution >= 4 is 11.7 Å². The van der Waals surface area contributed by atoms with Crippen LogP contribution in [-0.4, -0.2) is 17.1 Å². The van der Waals surface area contributed by atoms with Crippen LogP contribution in [0.15, 0.2) is 24.3 Å². The smallest absolute Gasteiger partial charge is 0.335 e. The van der Waals surface area contributed by atoms with Crippen LogP contribution in [0.4, 0.5) is 5.69 Å². The van der Waals surface area contributed by atoms with Gasteiger partial charge in [0.15, 0.2) is 0 Å². The largest absolute Gasteiger partial charge is 0.478 e. The number of carboxylic acids is 1. The first-order valence-electron chi connectivity index (χ1n) is 6.56. The Labute approximate surface area is 108 Å². The molecule has 0 saturated heterocycles. The molecule has 2 rings (SSSR count). The van der Waals surface area contributed by atoms with Crippen molar-refractivity contribution in [2.45, 2.75) is 45.6 Å². The molecule has 0 aromatic heterocycles. The van der Waals surface area contributed by atoms with Crippen molar-refractivity contribution in [2.24, 2.45) is 5.41 Å². The maximum Gasteiger partial charge on any atom is 0.335 e. The lowest BCUT2D eigenvalue weighted by atomic mass is 9.75. The van der Waals surface area contributed by atoms with E-state index < -0.39 is 5.97 Å². The molecule has 18 heavy (non-hydrogen) atoms. The Morgan fingerprint density at radius 1 is 1.22 bits per heavy atom. The highest BCUT2D eigenvalue weighted by Gasteiger charge is 2.26. The average Bonchev–Trinajstić information content (AvgIpc) is 2.33. The molecule has 0 spiro atoms. The summed E-state index contributed by atoms with van der Waals surface area (Å²) >= 11 is 0. The van der Waals surface area contributed by atoms with Crippen molar-refractivity contribution in [3.8, 4) is 0 Å². The molecule has 2 N–H and O–H groups in total. The molecule has 1 aromatic carbocycles. The fourth-order valence-electron chi connectivity index (χ4n) is 2.49. The fraction of sp³-hybridized carbons (Fsp3) is 0.533. The molecule has 0 bridgehead atoms. The summed E-state index contributed by atoms with van der Waals surface area (Å²) in [4.78, 5) is 10.8. The van der Waals surface area contributed by atoms with Crippen molar-refractivity contribution < 1.29 is 9.90 Å². The van der Waals surface area contributed by atoms with Gasteiger partial charge in [0.2, 0.25) is 0 Å². The van der Waals surface area contributed by atoms with Gasteiger partial charge in [-0.25, -0.2) is 4.79 Å². The van der Waals surface area contributed by atoms with Crippen LogP contribution in [0.3, 0.4) is 0 Å². The number of aromatic carboxylic acids is 1. The predicted molar refractivity (Wildman–Crippen MR) is 73.1 cm³/mol. The molecule has 3 nitrogen and oxygen atoms in total. The first-order chi connectivity index (χ1) is 8.46. The van der Waals surface area contributed by atoms with Crippen LogP contribution in [0.5, 0.6) is 0 Å². The lowest BCUT2D eigenvalue weighted by molar-refractivity contribution is 0.0697. The molecule has 0 radical (unpaired) electrons. The number of rotatable bonds is 3. The monoisotopic (exact) mass is 247 g/mol. The third-order valence-corrected chi connectivity index (χ3v) is 3.84. The second-order valence-corrected chi connectivity index (χ2v) is 5.97. The van der Waals surface area contributed by atoms with Gasteiger partial charge in [0.25, 0.3) is 0 Å². The van der Waals surface area contributed by atoms with Gasteiger partial charge in [-0.3, -0.25) is 0 Å². The minimum Gasteiger partial charge on any atom is -0.478 e. The van der Waals surface area contributed by atoms with Crippen LogP contribution in [0.2, 0.25) is 0 Å². The molecule has 1 aliphatic rings. The van der Waals surface area contributed by atoms with E-state index in [0.29, 0.717) is 17.0 Å². The second-order valence-electron chi connectivity index (χ2n) is 5.97. The Hall–Kier alpha value is -1.51. The summed E-state index contributed by atoms with van der Waals surface area (Å²) in [7, 11) is 0. The Bertz CT molecular complexity index is 413. The molecule has 3 heteroatoms. The molecule has 0 unspecified atom stereocenters. The van der Waals surface area contributed by atoms with E-state index in [4.69, 9.17) is 5.11 Å². The van der Waals surface area contributed by atoms with Gasteiger partial charge in [-0.15, -0.1) is 0 Å². The molecule has 1 aliphatic carbocycles. The summed E-state index contributed by atoms with van der Waals surface area (Å²) < 4.78 is 0. The van der Waals surface area contributed by atoms with Gasteiger partial charge in [0.05, 0.1) is 5.56 Å². The van der Waals surface area contributed by atoms with Gasteiger partial charge < -0.3 is 10.4 Å². The van der Waals surface area contributed by atoms with E-state index in [1.54, 1.807) is 12.1 Å². The van der Waals surface area contributed by atoms with Gasteiger partial charge in [0.1, 0.15) is 0 Å². The summed E-state index contributed by atoms with van der Waals surface area (Å²) in [5, 5.41) is 12.3. The second kappa shape index (κ2) is 5.01. The minimum atomic E-state index is -0.874. The normalized spacial score (nSPS) is 19.4. The Morgan fingerprint density at radius 3 is 2.28 bits per heavy atom. The highest BCUT2D eigenvalue weighted by Crippen LogP contribution is 2.36. The van der Waals surface area contributed by atoms with Crippen molar-refractivity contribution in [1.82, 2.24) is 0 Å². The van der Waals surface area contributed by atoms with Crippen LogP contribution in [0.1, 0.15) is 49.9 Å². The number of hydrogen-bond acceptors (Lipinski definition) is 2. The van der Waals surface area contributed by atoms with Gasteiger partial charge in [-0.1, -0.05) is 13.8 Å². The lowest BCUT2D eigenvalue weighted by Crippen LogP contribution is -2.29. The highest BCUT2D eigenvalue weighted by molar-refractivity contribution is 5.87. The zero-order chi connectivity index (χ0) is 13.2. The van der Waals surface area contributed by atoms with E-state index in [2.05, 4.69) is 19.2 Å². The minimum absolute atomic E-state index is 0.338. The third kappa shape index (κ3) is 3.25. The molecule has 0 heterocycles. The molecule has 98 valence electrons. The van der Waals surface area contributed by atoms with E-state index in [0.717, 1.165) is 5.69 Å². The van der Waals surface area contributed by atoms with Gasteiger partial charge in [-0.05, 0) is 55.4 Å². The molecule has 0 aliphatic heterocycles. The maximum absolute atomic E-state index is 10.8. The summed E-state index contributed by atoms with van der Waals surface area (Å²) in [6.07, 6.45) is 4.87. The van der Waals surface area contributed by atoms with Crippen LogP contribution in [0, 0.1) is 5.41 Å². The number of anilines is 1. The van der Waals surface area contributed by atoms with Crippen LogP contribution < -0.4 is 5.32 Å². The van der Waals surface area contributed by atoms with Crippen LogP contribution >= 0.6 is 0 Å². The Balaban J connectivity index is 1.92. The number of benzene rings is 1. The van der Waals surface area contributed by atoms with Crippen molar-refractivity contribution in [3.05, 3.63) is 29.8 Å². The summed E-state index contributed by atoms with van der Waals surface area (Å²) in [5.74, 6) is -0.874. The van der Waals surface area contributed by atoms with E-state index in [1.165, 1.54) is 25.7 Å². The quantitative estimate of drug-likeness (QED) is 0.855. The van der Waals surface area contributed by atoms with E-state index >= 15 is 0 Å². The Kier molecular flexibility index (Phi) is 3.60. The maximum atomic E-state index is 10.8. The molecule has 1 aromatic rings. The summed E-state index contributed by atoms with van der Waals surface area (Å²) in [6.45, 7) is 4.65. The average molecular weight is 247 g/mol. The van der Waals surface area contributed by atoms with E-state index in [9.17, 15) is 4.79 Å². The zero-order valence-corrected chi connectivity index (χ0v) is 11.1. The first kappa shape index (κ1) is 12.9. The number of hydrogen-bond donors (Lipinski definition) is 2. The van der Waals surface area contributed by atoms with Gasteiger partial charge >= 0.3 is 5.97 Å². The number of carboxylic acid groups (broad SMARTS) is 1. The SMILES string of the molecule is CC1(C)CCC(Nc2ccc(C(=O)O)cc2)CC1. The van der Waals surface area contributed by atoms with E-state index in [1.807, 2.05) is 12.1 Å². The molecule has 0 amide bonds. The van der Waals surface area contributed by atoms with Crippen molar-refractivity contribution in [1.29, 1.82) is 0 Å². The molecule has 1 saturated carbocycles. The van der Waals surface area contributed by atoms with Crippen LogP contribution in [-0.2, 0) is 0 Å². The predicted octanol–water partition coefficient (Wildman–Crippen LogP) is 3.77. The van der Waals surface area contributed by atoms with Crippen molar-refractivity contribution in [2.75, 3.05) is 5.32 Å². The lowest BCUT2D eigenvalue weighted by Gasteiger charge is -2.35. The Morgan fingerprint density at radius 2 is 1.78 bits per heavy atom. The zero-order valence-electron chi connectivity index (χ0n) is 11.1. The molecular weight excluding hydrogens is 226 g/mol. The summed E-state index contributed by atoms with van der Waals surface area (Å²) in [5.41, 5.74) is 1.83. The standard InChI is InChI=1S/C15H21NO2/c1-15(2)9-7-13(8-10-15)16-12-5-3-11(4-6-12)14(17)18/h3-6,13,16H,7-10H2,1-2H3,(H,17,18). The summed E-state index contributed by atoms with van der Waals surface area (Å²) in [6, 6.07) is 7.52. The van der Waals surface area contributed by atoms with Crippen LogP contribution in [0.25, 0.3) is 0 Å². The number of carbonyl (C=O) groups is 1.